The summed E-state index contributed by atoms with van der Waals surface area (Å²) in [7, 11) is 0. The second-order valence-corrected chi connectivity index (χ2v) is 0.974. The van der Waals surface area contributed by atoms with Crippen molar-refractivity contribution in [1.29, 1.82) is 0 Å². The summed E-state index contributed by atoms with van der Waals surface area (Å²) in [6, 6.07) is 0. The highest BCUT2D eigenvalue weighted by Gasteiger charge is 1.93. The van der Waals surface area contributed by atoms with E-state index in [1.54, 1.807) is 0 Å². The molecule has 1 heteroatoms. The minimum absolute atomic E-state index is 3.80. The van der Waals surface area contributed by atoms with Crippen LogP contribution in [0.15, 0.2) is 0 Å². The van der Waals surface area contributed by atoms with Crippen LogP contribution < -0.4 is 0 Å². The molecule has 0 amide bonds. The average molecular weight is 147 g/mol. The first-order valence-electron chi connectivity index (χ1n) is 10.5. The first kappa shape index (κ1) is 0.911. The van der Waals surface area contributed by atoms with E-state index in [9.17, 15) is 5.11 Å². The van der Waals surface area contributed by atoms with Gasteiger partial charge in [-0.3, -0.25) is 0 Å². The van der Waals surface area contributed by atoms with E-state index < -0.39 is 51.6 Å². The molecule has 0 saturated heterocycles. The lowest BCUT2D eigenvalue weighted by Crippen LogP contribution is -1.97. The molecule has 0 saturated carbocycles. The van der Waals surface area contributed by atoms with Crippen LogP contribution in [0.1, 0.15) is 68.9 Å². The van der Waals surface area contributed by atoms with E-state index >= 15 is 0 Å². The molecule has 0 spiro atoms. The predicted octanol–water partition coefficient (Wildman–Crippen LogP) is 2.34. The van der Waals surface area contributed by atoms with Crippen molar-refractivity contribution in [2.75, 3.05) is 0 Å². The van der Waals surface area contributed by atoms with Crippen LogP contribution >= 0.6 is 0 Å². The summed E-state index contributed by atoms with van der Waals surface area (Å²) in [5.74, 6) is 0. The SMILES string of the molecule is [2H]C([2H])([2H])C([2H])([2H])C([2H])([2H])C([2H])([2H])C([2H])([2H])C([2H])([2H])C([2H])(O)C([2H])([2H])[2H]. The van der Waals surface area contributed by atoms with Crippen molar-refractivity contribution >= 4 is 0 Å². The monoisotopic (exact) mass is 147 g/mol. The Hall–Kier alpha value is -0.0400. The third-order valence-corrected chi connectivity index (χ3v) is 0.368. The van der Waals surface area contributed by atoms with E-state index in [1.165, 1.54) is 0 Å². The largest absolute Gasteiger partial charge is 0.393 e. The molecule has 0 aliphatic carbocycles. The van der Waals surface area contributed by atoms with E-state index in [1.807, 2.05) is 0 Å². The maximum Gasteiger partial charge on any atom is 0.0597 e. The van der Waals surface area contributed by atoms with E-state index in [0.717, 1.165) is 0 Å². The molecule has 0 radical (unpaired) electrons. The molecule has 1 unspecified atom stereocenters. The van der Waals surface area contributed by atoms with Gasteiger partial charge in [0.2, 0.25) is 0 Å². The highest BCUT2D eigenvalue weighted by molar-refractivity contribution is 4.47. The molecule has 1 atom stereocenters. The van der Waals surface area contributed by atoms with Gasteiger partial charge in [0.15, 0.2) is 0 Å². The highest BCUT2D eigenvalue weighted by Crippen LogP contribution is 2.04. The Bertz CT molecular complexity index is 474. The molecule has 56 valence electrons. The van der Waals surface area contributed by atoms with Crippen LogP contribution in [0.3, 0.4) is 0 Å². The summed E-state index contributed by atoms with van der Waals surface area (Å²) in [6.07, 6.45) is -25.5. The molecule has 9 heavy (non-hydrogen) atoms. The topological polar surface area (TPSA) is 20.2 Å². The lowest BCUT2D eigenvalue weighted by atomic mass is 10.1. The quantitative estimate of drug-likeness (QED) is 0.633. The van der Waals surface area contributed by atoms with Crippen LogP contribution in [0.5, 0.6) is 0 Å². The number of aliphatic hydroxyl groups is 1. The molecule has 0 heterocycles. The second kappa shape index (κ2) is 6.09. The predicted molar refractivity (Wildman–Crippen MR) is 40.4 cm³/mol. The van der Waals surface area contributed by atoms with Gasteiger partial charge in [0.05, 0.1) is 7.45 Å². The first-order chi connectivity index (χ1) is 10.8. The van der Waals surface area contributed by atoms with Crippen LogP contribution in [-0.2, 0) is 0 Å². The van der Waals surface area contributed by atoms with E-state index in [2.05, 4.69) is 0 Å². The maximum absolute atomic E-state index is 9.70. The summed E-state index contributed by atoms with van der Waals surface area (Å²) < 4.78 is 125. The molecule has 0 aromatic heterocycles. The summed E-state index contributed by atoms with van der Waals surface area (Å²) in [4.78, 5) is 0. The number of hydrogen-bond acceptors (Lipinski definition) is 1. The van der Waals surface area contributed by atoms with Crippen molar-refractivity contribution in [3.63, 3.8) is 0 Å². The Balaban J connectivity index is 6.61. The molecule has 0 bridgehead atoms. The van der Waals surface area contributed by atoms with Gasteiger partial charge < -0.3 is 5.11 Å². The Morgan fingerprint density at radius 2 is 2.56 bits per heavy atom. The first-order valence-corrected chi connectivity index (χ1v) is 1.97. The molecule has 0 rings (SSSR count). The standard InChI is InChI=1S/C8H18O/c1-3-4-5-6-7-8(2)9/h8-9H,3-7H2,1-2H3/i1D3,2D3,3D2,4D2,5D2,6D2,7D2,8D. The van der Waals surface area contributed by atoms with Gasteiger partial charge in [-0.15, -0.1) is 0 Å². The van der Waals surface area contributed by atoms with Gasteiger partial charge in [-0.1, -0.05) is 32.3 Å². The Labute approximate surface area is 82.0 Å². The molecule has 0 aromatic carbocycles. The van der Waals surface area contributed by atoms with Crippen LogP contribution in [0, 0.1) is 0 Å². The minimum Gasteiger partial charge on any atom is -0.393 e. The second-order valence-electron chi connectivity index (χ2n) is 0.974. The smallest absolute Gasteiger partial charge is 0.0597 e. The fraction of sp³-hybridized carbons (Fsp3) is 1.00. The van der Waals surface area contributed by atoms with E-state index in [4.69, 9.17) is 23.3 Å². The van der Waals surface area contributed by atoms with Crippen LogP contribution in [0.4, 0.5) is 0 Å². The fourth-order valence-electron chi connectivity index (χ4n) is 0.153. The zero-order chi connectivity index (χ0) is 22.0. The van der Waals surface area contributed by atoms with Crippen molar-refractivity contribution < 1.29 is 28.4 Å². The van der Waals surface area contributed by atoms with Gasteiger partial charge in [0, 0.05) is 21.9 Å². The summed E-state index contributed by atoms with van der Waals surface area (Å²) >= 11 is 0. The zero-order valence-electron chi connectivity index (χ0n) is 21.4. The molecule has 1 N–H and O–H groups in total. The van der Waals surface area contributed by atoms with Gasteiger partial charge in [0.1, 0.15) is 0 Å². The normalized spacial score (nSPS) is 55.9. The molecular formula is C8H18O. The molecule has 0 aliphatic rings. The molecule has 0 aliphatic heterocycles. The highest BCUT2D eigenvalue weighted by atomic mass is 16.3. The van der Waals surface area contributed by atoms with E-state index in [-0.39, 0.29) is 0 Å². The van der Waals surface area contributed by atoms with Gasteiger partial charge in [0.25, 0.3) is 0 Å². The molecule has 0 fully saturated rings. The third-order valence-electron chi connectivity index (χ3n) is 0.368. The minimum atomic E-state index is -4.35. The van der Waals surface area contributed by atoms with Crippen LogP contribution in [0.25, 0.3) is 0 Å². The molecular weight excluding hydrogens is 112 g/mol. The van der Waals surface area contributed by atoms with Crippen LogP contribution in [-0.4, -0.2) is 11.2 Å². The van der Waals surface area contributed by atoms with Gasteiger partial charge in [-0.25, -0.2) is 0 Å². The Kier molecular flexibility index (Phi) is 0.616. The van der Waals surface area contributed by atoms with Crippen molar-refractivity contribution in [2.24, 2.45) is 0 Å². The fourth-order valence-corrected chi connectivity index (χ4v) is 0.153. The zero-order valence-corrected chi connectivity index (χ0v) is 4.45. The summed E-state index contributed by atoms with van der Waals surface area (Å²) in [6.45, 7) is -7.69. The lowest BCUT2D eigenvalue weighted by molar-refractivity contribution is 0.180. The number of rotatable bonds is 5. The van der Waals surface area contributed by atoms with Crippen molar-refractivity contribution in [2.45, 2.75) is 51.6 Å². The van der Waals surface area contributed by atoms with E-state index in [0.29, 0.717) is 0 Å². The molecule has 1 nitrogen and oxygen atoms in total. The van der Waals surface area contributed by atoms with Crippen molar-refractivity contribution in [3.8, 4) is 0 Å². The maximum atomic E-state index is 9.70. The van der Waals surface area contributed by atoms with Crippen molar-refractivity contribution in [3.05, 3.63) is 0 Å². The number of hydrogen-bond donors (Lipinski definition) is 1. The Morgan fingerprint density at radius 3 is 3.22 bits per heavy atom. The molecule has 0 aromatic rings. The van der Waals surface area contributed by atoms with Gasteiger partial charge in [-0.2, -0.15) is 0 Å². The lowest BCUT2D eigenvalue weighted by Gasteiger charge is -2.01. The van der Waals surface area contributed by atoms with Gasteiger partial charge in [-0.05, 0) is 13.2 Å². The Morgan fingerprint density at radius 1 is 1.67 bits per heavy atom. The summed E-state index contributed by atoms with van der Waals surface area (Å²) in [5.41, 5.74) is 0. The van der Waals surface area contributed by atoms with Crippen molar-refractivity contribution in [1.82, 2.24) is 0 Å². The third kappa shape index (κ3) is 7.96. The average Bonchev–Trinajstić information content (AvgIpc) is 2.34. The summed E-state index contributed by atoms with van der Waals surface area (Å²) in [5, 5.41) is 9.70. The van der Waals surface area contributed by atoms with Gasteiger partial charge >= 0.3 is 0 Å². The van der Waals surface area contributed by atoms with Crippen LogP contribution in [0.2, 0.25) is 0 Å².